The van der Waals surface area contributed by atoms with Crippen molar-refractivity contribution < 1.29 is 23.9 Å². The smallest absolute Gasteiger partial charge is 0.327 e. The molecule has 3 N–H and O–H groups in total. The third kappa shape index (κ3) is 6.61. The molecule has 0 fully saturated rings. The molecule has 0 aliphatic heterocycles. The van der Waals surface area contributed by atoms with Crippen LogP contribution in [0.2, 0.25) is 10.0 Å². The first-order valence-corrected chi connectivity index (χ1v) is 7.59. The number of halogens is 2. The van der Waals surface area contributed by atoms with E-state index in [0.717, 1.165) is 0 Å². The molecule has 1 aromatic rings. The van der Waals surface area contributed by atoms with Gasteiger partial charge in [-0.2, -0.15) is 0 Å². The predicted octanol–water partition coefficient (Wildman–Crippen LogP) is 0.671. The van der Waals surface area contributed by atoms with E-state index < -0.39 is 23.8 Å². The lowest BCUT2D eigenvalue weighted by molar-refractivity contribution is -0.141. The van der Waals surface area contributed by atoms with Gasteiger partial charge in [0.15, 0.2) is 6.10 Å². The van der Waals surface area contributed by atoms with Gasteiger partial charge in [0.05, 0.1) is 11.6 Å². The molecule has 1 rings (SSSR count). The molecule has 1 unspecified atom stereocenters. The Morgan fingerprint density at radius 1 is 1.17 bits per heavy atom. The Morgan fingerprint density at radius 2 is 1.88 bits per heavy atom. The van der Waals surface area contributed by atoms with Crippen LogP contribution in [0.15, 0.2) is 18.2 Å². The van der Waals surface area contributed by atoms with Crippen LogP contribution in [0.25, 0.3) is 0 Å². The highest BCUT2D eigenvalue weighted by Crippen LogP contribution is 2.28. The third-order valence-electron chi connectivity index (χ3n) is 2.66. The fraction of sp³-hybridized carbons (Fsp3) is 0.357. The molecule has 0 aliphatic carbocycles. The van der Waals surface area contributed by atoms with E-state index in [9.17, 15) is 14.4 Å². The second kappa shape index (κ2) is 9.96. The summed E-state index contributed by atoms with van der Waals surface area (Å²) in [5.74, 6) is -2.33. The molecule has 10 heteroatoms. The van der Waals surface area contributed by atoms with Gasteiger partial charge < -0.3 is 14.8 Å². The van der Waals surface area contributed by atoms with Crippen LogP contribution in [0.4, 0.5) is 0 Å². The van der Waals surface area contributed by atoms with E-state index in [0.29, 0.717) is 5.02 Å². The molecule has 0 spiro atoms. The maximum absolute atomic E-state index is 11.8. The van der Waals surface area contributed by atoms with E-state index in [2.05, 4.69) is 10.7 Å². The highest BCUT2D eigenvalue weighted by Gasteiger charge is 2.19. The van der Waals surface area contributed by atoms with Crippen molar-refractivity contribution >= 4 is 40.9 Å². The minimum absolute atomic E-state index is 0.172. The maximum atomic E-state index is 11.8. The van der Waals surface area contributed by atoms with Crippen LogP contribution >= 0.6 is 23.2 Å². The van der Waals surface area contributed by atoms with Gasteiger partial charge >= 0.3 is 11.8 Å². The first-order valence-electron chi connectivity index (χ1n) is 6.83. The summed E-state index contributed by atoms with van der Waals surface area (Å²) in [5, 5.41) is 2.97. The molecular formula is C14H17Cl2N3O5. The Bertz CT molecular complexity index is 612. The molecule has 24 heavy (non-hydrogen) atoms. The average molecular weight is 378 g/mol. The summed E-state index contributed by atoms with van der Waals surface area (Å²) >= 11 is 11.7. The number of amides is 3. The number of carbonyl (C=O) groups excluding carboxylic acids is 3. The second-order valence-electron chi connectivity index (χ2n) is 4.53. The van der Waals surface area contributed by atoms with Crippen LogP contribution in [0, 0.1) is 0 Å². The van der Waals surface area contributed by atoms with Gasteiger partial charge in [-0.1, -0.05) is 23.2 Å². The van der Waals surface area contributed by atoms with Crippen LogP contribution in [0.5, 0.6) is 5.75 Å². The third-order valence-corrected chi connectivity index (χ3v) is 3.19. The molecule has 1 atom stereocenters. The Morgan fingerprint density at radius 3 is 2.50 bits per heavy atom. The van der Waals surface area contributed by atoms with E-state index in [1.807, 2.05) is 5.43 Å². The summed E-state index contributed by atoms with van der Waals surface area (Å²) < 4.78 is 10.1. The van der Waals surface area contributed by atoms with E-state index in [4.69, 9.17) is 32.7 Å². The Balaban J connectivity index is 2.43. The lowest BCUT2D eigenvalue weighted by Crippen LogP contribution is -2.51. The number of nitrogens with one attached hydrogen (secondary N) is 3. The highest BCUT2D eigenvalue weighted by molar-refractivity contribution is 6.35. The summed E-state index contributed by atoms with van der Waals surface area (Å²) in [5.41, 5.74) is 4.05. The van der Waals surface area contributed by atoms with Crippen LogP contribution in [0.1, 0.15) is 6.92 Å². The van der Waals surface area contributed by atoms with Crippen molar-refractivity contribution in [3.63, 3.8) is 0 Å². The fourth-order valence-corrected chi connectivity index (χ4v) is 1.89. The first-order chi connectivity index (χ1) is 11.3. The molecule has 3 amide bonds. The quantitative estimate of drug-likeness (QED) is 0.383. The first kappa shape index (κ1) is 20.0. The number of methoxy groups -OCH3 is 1. The van der Waals surface area contributed by atoms with Crippen molar-refractivity contribution in [1.82, 2.24) is 16.2 Å². The van der Waals surface area contributed by atoms with Crippen LogP contribution < -0.4 is 20.9 Å². The van der Waals surface area contributed by atoms with Gasteiger partial charge in [0.2, 0.25) is 0 Å². The minimum Gasteiger partial charge on any atom is -0.479 e. The van der Waals surface area contributed by atoms with Gasteiger partial charge in [-0.15, -0.1) is 0 Å². The molecule has 8 nitrogen and oxygen atoms in total. The van der Waals surface area contributed by atoms with Gasteiger partial charge in [0, 0.05) is 18.7 Å². The molecule has 0 saturated heterocycles. The van der Waals surface area contributed by atoms with Crippen molar-refractivity contribution in [3.8, 4) is 5.75 Å². The Labute approximate surface area is 148 Å². The number of ether oxygens (including phenoxy) is 2. The van der Waals surface area contributed by atoms with E-state index in [1.54, 1.807) is 6.07 Å². The fourth-order valence-electron chi connectivity index (χ4n) is 1.44. The Hall–Kier alpha value is -2.03. The zero-order valence-electron chi connectivity index (χ0n) is 13.0. The van der Waals surface area contributed by atoms with Crippen molar-refractivity contribution in [2.75, 3.05) is 20.3 Å². The molecule has 0 aromatic heterocycles. The average Bonchev–Trinajstić information content (AvgIpc) is 2.54. The zero-order chi connectivity index (χ0) is 18.1. The molecule has 0 bridgehead atoms. The van der Waals surface area contributed by atoms with Gasteiger partial charge in [-0.05, 0) is 25.1 Å². The van der Waals surface area contributed by atoms with Crippen LogP contribution in [0.3, 0.4) is 0 Å². The number of rotatable bonds is 6. The summed E-state index contributed by atoms with van der Waals surface area (Å²) in [7, 11) is 1.46. The monoisotopic (exact) mass is 377 g/mol. The number of hydrazine groups is 1. The summed E-state index contributed by atoms with van der Waals surface area (Å²) in [4.78, 5) is 34.7. The summed E-state index contributed by atoms with van der Waals surface area (Å²) in [6.45, 7) is 1.88. The van der Waals surface area contributed by atoms with Crippen LogP contribution in [-0.2, 0) is 19.1 Å². The SMILES string of the molecule is COCCNC(=O)C(=O)NNC(=O)C(C)Oc1ccc(Cl)cc1Cl. The largest absolute Gasteiger partial charge is 0.479 e. The molecule has 0 heterocycles. The van der Waals surface area contributed by atoms with Gasteiger partial charge in [-0.3, -0.25) is 25.2 Å². The molecule has 132 valence electrons. The summed E-state index contributed by atoms with van der Waals surface area (Å²) in [6.07, 6.45) is -0.972. The zero-order valence-corrected chi connectivity index (χ0v) is 14.5. The van der Waals surface area contributed by atoms with Gasteiger partial charge in [0.1, 0.15) is 5.75 Å². The lowest BCUT2D eigenvalue weighted by Gasteiger charge is -2.16. The Kier molecular flexibility index (Phi) is 8.31. The maximum Gasteiger partial charge on any atom is 0.327 e. The number of hydrogen-bond acceptors (Lipinski definition) is 5. The number of carbonyl (C=O) groups is 3. The lowest BCUT2D eigenvalue weighted by atomic mass is 10.3. The molecule has 1 aromatic carbocycles. The van der Waals surface area contributed by atoms with E-state index in [-0.39, 0.29) is 23.9 Å². The van der Waals surface area contributed by atoms with E-state index >= 15 is 0 Å². The predicted molar refractivity (Wildman–Crippen MR) is 87.7 cm³/mol. The normalized spacial score (nSPS) is 11.3. The van der Waals surface area contributed by atoms with E-state index in [1.165, 1.54) is 26.2 Å². The van der Waals surface area contributed by atoms with Crippen molar-refractivity contribution in [2.45, 2.75) is 13.0 Å². The molecule has 0 radical (unpaired) electrons. The molecule has 0 saturated carbocycles. The van der Waals surface area contributed by atoms with Gasteiger partial charge in [-0.25, -0.2) is 0 Å². The van der Waals surface area contributed by atoms with Crippen molar-refractivity contribution in [1.29, 1.82) is 0 Å². The standard InChI is InChI=1S/C14H17Cl2N3O5/c1-8(24-11-4-3-9(15)7-10(11)16)12(20)18-19-14(22)13(21)17-5-6-23-2/h3-4,7-8H,5-6H2,1-2H3,(H,17,21)(H,18,20)(H,19,22). The molecule has 0 aliphatic rings. The molecular weight excluding hydrogens is 361 g/mol. The van der Waals surface area contributed by atoms with Crippen LogP contribution in [-0.4, -0.2) is 44.1 Å². The topological polar surface area (TPSA) is 106 Å². The van der Waals surface area contributed by atoms with Gasteiger partial charge in [0.25, 0.3) is 5.91 Å². The highest BCUT2D eigenvalue weighted by atomic mass is 35.5. The minimum atomic E-state index is -1.02. The second-order valence-corrected chi connectivity index (χ2v) is 5.37. The number of benzene rings is 1. The van der Waals surface area contributed by atoms with Crippen molar-refractivity contribution in [3.05, 3.63) is 28.2 Å². The summed E-state index contributed by atoms with van der Waals surface area (Å²) in [6, 6.07) is 4.53. The van der Waals surface area contributed by atoms with Crippen molar-refractivity contribution in [2.24, 2.45) is 0 Å². The number of hydrogen-bond donors (Lipinski definition) is 3.